The SMILES string of the molecule is CCn1cc(CN2C(=O)/C(=C\c3cc(Br)cs3)NC2=S)cn1. The molecule has 0 aliphatic carbocycles. The summed E-state index contributed by atoms with van der Waals surface area (Å²) in [7, 11) is 0. The van der Waals surface area contributed by atoms with Crippen LogP contribution < -0.4 is 5.32 Å². The van der Waals surface area contributed by atoms with Gasteiger partial charge in [-0.05, 0) is 47.2 Å². The van der Waals surface area contributed by atoms with Crippen molar-refractivity contribution in [1.82, 2.24) is 20.0 Å². The summed E-state index contributed by atoms with van der Waals surface area (Å²) in [6, 6.07) is 1.96. The fraction of sp³-hybridized carbons (Fsp3) is 0.214. The number of hydrogen-bond donors (Lipinski definition) is 1. The van der Waals surface area contributed by atoms with Crippen molar-refractivity contribution in [3.8, 4) is 0 Å². The van der Waals surface area contributed by atoms with Crippen LogP contribution in [0.1, 0.15) is 17.4 Å². The third kappa shape index (κ3) is 3.13. The lowest BCUT2D eigenvalue weighted by Gasteiger charge is -2.12. The lowest BCUT2D eigenvalue weighted by molar-refractivity contribution is -0.122. The molecular weight excluding hydrogens is 384 g/mol. The molecule has 0 saturated carbocycles. The summed E-state index contributed by atoms with van der Waals surface area (Å²) >= 11 is 10.2. The second-order valence-electron chi connectivity index (χ2n) is 4.75. The molecule has 3 rings (SSSR count). The van der Waals surface area contributed by atoms with E-state index in [1.807, 2.05) is 35.3 Å². The van der Waals surface area contributed by atoms with Crippen molar-refractivity contribution < 1.29 is 4.79 Å². The van der Waals surface area contributed by atoms with Crippen LogP contribution in [-0.2, 0) is 17.9 Å². The van der Waals surface area contributed by atoms with Crippen LogP contribution in [0.3, 0.4) is 0 Å². The van der Waals surface area contributed by atoms with Crippen LogP contribution in [0.5, 0.6) is 0 Å². The highest BCUT2D eigenvalue weighted by Gasteiger charge is 2.30. The van der Waals surface area contributed by atoms with Gasteiger partial charge in [-0.2, -0.15) is 5.10 Å². The van der Waals surface area contributed by atoms with Gasteiger partial charge < -0.3 is 5.32 Å². The summed E-state index contributed by atoms with van der Waals surface area (Å²) in [6.07, 6.45) is 5.50. The Morgan fingerprint density at radius 2 is 2.36 bits per heavy atom. The number of nitrogens with zero attached hydrogens (tertiary/aromatic N) is 3. The first-order chi connectivity index (χ1) is 10.6. The number of rotatable bonds is 4. The number of halogens is 1. The number of carbonyl (C=O) groups is 1. The van der Waals surface area contributed by atoms with E-state index >= 15 is 0 Å². The first kappa shape index (κ1) is 15.4. The minimum absolute atomic E-state index is 0.112. The van der Waals surface area contributed by atoms with Crippen LogP contribution in [0.2, 0.25) is 0 Å². The first-order valence-electron chi connectivity index (χ1n) is 6.66. The van der Waals surface area contributed by atoms with Crippen LogP contribution in [-0.4, -0.2) is 25.7 Å². The zero-order valence-electron chi connectivity index (χ0n) is 11.7. The second kappa shape index (κ2) is 6.31. The molecular formula is C14H13BrN4OS2. The summed E-state index contributed by atoms with van der Waals surface area (Å²) in [5, 5.41) is 9.60. The molecule has 1 fully saturated rings. The van der Waals surface area contributed by atoms with Crippen molar-refractivity contribution in [2.45, 2.75) is 20.0 Å². The van der Waals surface area contributed by atoms with Gasteiger partial charge in [-0.3, -0.25) is 14.4 Å². The third-order valence-corrected chi connectivity index (χ3v) is 5.15. The minimum atomic E-state index is -0.112. The molecule has 1 saturated heterocycles. The minimum Gasteiger partial charge on any atom is -0.328 e. The van der Waals surface area contributed by atoms with E-state index in [1.54, 1.807) is 22.4 Å². The molecule has 2 aromatic heterocycles. The van der Waals surface area contributed by atoms with Crippen LogP contribution in [0.15, 0.2) is 34.0 Å². The molecule has 1 aliphatic rings. The Balaban J connectivity index is 1.78. The predicted octanol–water partition coefficient (Wildman–Crippen LogP) is 2.98. The number of nitrogens with one attached hydrogen (secondary N) is 1. The molecule has 114 valence electrons. The van der Waals surface area contributed by atoms with Gasteiger partial charge in [0.25, 0.3) is 5.91 Å². The molecule has 0 atom stereocenters. The van der Waals surface area contributed by atoms with Gasteiger partial charge in [0.05, 0.1) is 12.7 Å². The number of thiophene rings is 1. The zero-order valence-corrected chi connectivity index (χ0v) is 15.0. The van der Waals surface area contributed by atoms with Crippen LogP contribution >= 0.6 is 39.5 Å². The van der Waals surface area contributed by atoms with E-state index in [-0.39, 0.29) is 5.91 Å². The topological polar surface area (TPSA) is 50.2 Å². The number of carbonyl (C=O) groups excluding carboxylic acids is 1. The van der Waals surface area contributed by atoms with Crippen molar-refractivity contribution in [1.29, 1.82) is 0 Å². The van der Waals surface area contributed by atoms with Crippen molar-refractivity contribution >= 4 is 56.6 Å². The van der Waals surface area contributed by atoms with Gasteiger partial charge in [0.2, 0.25) is 0 Å². The number of thiocarbonyl (C=S) groups is 1. The fourth-order valence-corrected chi connectivity index (χ4v) is 3.74. The van der Waals surface area contributed by atoms with Crippen LogP contribution in [0, 0.1) is 0 Å². The van der Waals surface area contributed by atoms with Gasteiger partial charge in [0, 0.05) is 33.0 Å². The van der Waals surface area contributed by atoms with Crippen molar-refractivity contribution in [2.75, 3.05) is 0 Å². The average molecular weight is 397 g/mol. The molecule has 8 heteroatoms. The monoisotopic (exact) mass is 396 g/mol. The highest BCUT2D eigenvalue weighted by Crippen LogP contribution is 2.23. The summed E-state index contributed by atoms with van der Waals surface area (Å²) in [6.45, 7) is 3.25. The molecule has 0 unspecified atom stereocenters. The largest absolute Gasteiger partial charge is 0.328 e. The molecule has 1 N–H and O–H groups in total. The normalized spacial score (nSPS) is 16.6. The average Bonchev–Trinajstić information content (AvgIpc) is 3.17. The lowest BCUT2D eigenvalue weighted by atomic mass is 10.3. The molecule has 22 heavy (non-hydrogen) atoms. The summed E-state index contributed by atoms with van der Waals surface area (Å²) in [5.41, 5.74) is 1.46. The number of hydrogen-bond acceptors (Lipinski definition) is 4. The first-order valence-corrected chi connectivity index (χ1v) is 8.75. The zero-order chi connectivity index (χ0) is 15.7. The van der Waals surface area contributed by atoms with Crippen LogP contribution in [0.25, 0.3) is 6.08 Å². The highest BCUT2D eigenvalue weighted by molar-refractivity contribution is 9.10. The summed E-state index contributed by atoms with van der Waals surface area (Å²) < 4.78 is 2.83. The van der Waals surface area contributed by atoms with Crippen LogP contribution in [0.4, 0.5) is 0 Å². The molecule has 3 heterocycles. The predicted molar refractivity (Wildman–Crippen MR) is 94.2 cm³/mol. The molecule has 0 radical (unpaired) electrons. The molecule has 1 amide bonds. The summed E-state index contributed by atoms with van der Waals surface area (Å²) in [4.78, 5) is 15.0. The van der Waals surface area contributed by atoms with E-state index in [0.717, 1.165) is 21.5 Å². The Labute approximate surface area is 145 Å². The smallest absolute Gasteiger partial charge is 0.276 e. The van der Waals surface area contributed by atoms with Gasteiger partial charge in [0.15, 0.2) is 5.11 Å². The van der Waals surface area contributed by atoms with E-state index < -0.39 is 0 Å². The molecule has 0 spiro atoms. The molecule has 2 aromatic rings. The van der Waals surface area contributed by atoms with Gasteiger partial charge in [-0.25, -0.2) is 0 Å². The number of aryl methyl sites for hydroxylation is 1. The van der Waals surface area contributed by atoms with Crippen molar-refractivity contribution in [2.24, 2.45) is 0 Å². The van der Waals surface area contributed by atoms with Crippen molar-refractivity contribution in [3.63, 3.8) is 0 Å². The Hall–Kier alpha value is -1.51. The molecule has 5 nitrogen and oxygen atoms in total. The Morgan fingerprint density at radius 3 is 3.00 bits per heavy atom. The third-order valence-electron chi connectivity index (χ3n) is 3.19. The molecule has 0 aromatic carbocycles. The Bertz CT molecular complexity index is 764. The maximum Gasteiger partial charge on any atom is 0.276 e. The fourth-order valence-electron chi connectivity index (χ4n) is 2.10. The standard InChI is InChI=1S/C14H13BrN4OS2/c1-2-18-6-9(5-16-18)7-19-13(20)12(17-14(19)21)4-11-3-10(15)8-22-11/h3-6,8H,2,7H2,1H3,(H,17,21)/b12-4+. The van der Waals surface area contributed by atoms with E-state index in [4.69, 9.17) is 12.2 Å². The Kier molecular flexibility index (Phi) is 4.42. The van der Waals surface area contributed by atoms with Gasteiger partial charge >= 0.3 is 0 Å². The quantitative estimate of drug-likeness (QED) is 0.637. The molecule has 0 bridgehead atoms. The van der Waals surface area contributed by atoms with Gasteiger partial charge in [-0.1, -0.05) is 0 Å². The number of amides is 1. The van der Waals surface area contributed by atoms with E-state index in [9.17, 15) is 4.79 Å². The molecule has 1 aliphatic heterocycles. The second-order valence-corrected chi connectivity index (χ2v) is 7.00. The highest BCUT2D eigenvalue weighted by atomic mass is 79.9. The Morgan fingerprint density at radius 1 is 1.55 bits per heavy atom. The van der Waals surface area contributed by atoms with Gasteiger partial charge in [-0.15, -0.1) is 11.3 Å². The van der Waals surface area contributed by atoms with E-state index in [2.05, 4.69) is 26.3 Å². The van der Waals surface area contributed by atoms with Gasteiger partial charge in [0.1, 0.15) is 5.70 Å². The van der Waals surface area contributed by atoms with E-state index in [0.29, 0.717) is 17.4 Å². The number of aromatic nitrogens is 2. The maximum absolute atomic E-state index is 12.5. The lowest BCUT2D eigenvalue weighted by Crippen LogP contribution is -2.29. The van der Waals surface area contributed by atoms with E-state index in [1.165, 1.54) is 0 Å². The van der Waals surface area contributed by atoms with Crippen molar-refractivity contribution in [3.05, 3.63) is 44.5 Å². The summed E-state index contributed by atoms with van der Waals surface area (Å²) in [5.74, 6) is -0.112. The maximum atomic E-state index is 12.5.